The molecule has 4 aromatic rings. The molecular formula is C22H27N4+. The average molecular weight is 347 g/mol. The Morgan fingerprint density at radius 1 is 1.00 bits per heavy atom. The molecule has 2 heterocycles. The zero-order valence-corrected chi connectivity index (χ0v) is 16.0. The molecule has 2 aromatic carbocycles. The highest BCUT2D eigenvalue weighted by Gasteiger charge is 2.17. The van der Waals surface area contributed by atoms with Gasteiger partial charge in [0.05, 0.1) is 35.4 Å². The Morgan fingerprint density at radius 3 is 2.46 bits per heavy atom. The highest BCUT2D eigenvalue weighted by Crippen LogP contribution is 2.26. The van der Waals surface area contributed by atoms with Crippen LogP contribution >= 0.6 is 0 Å². The summed E-state index contributed by atoms with van der Waals surface area (Å²) in [7, 11) is 0. The van der Waals surface area contributed by atoms with E-state index in [-0.39, 0.29) is 5.54 Å². The van der Waals surface area contributed by atoms with Crippen LogP contribution in [0.25, 0.3) is 28.1 Å². The average Bonchev–Trinajstić information content (AvgIpc) is 3.11. The fraction of sp³-hybridized carbons (Fsp3) is 0.318. The number of rotatable bonds is 4. The lowest BCUT2D eigenvalue weighted by Crippen LogP contribution is -2.94. The smallest absolute Gasteiger partial charge is 0.215 e. The van der Waals surface area contributed by atoms with E-state index in [2.05, 4.69) is 90.6 Å². The summed E-state index contributed by atoms with van der Waals surface area (Å²) < 4.78 is 4.58. The third kappa shape index (κ3) is 3.13. The molecular weight excluding hydrogens is 320 g/mol. The second-order valence-electron chi connectivity index (χ2n) is 8.16. The summed E-state index contributed by atoms with van der Waals surface area (Å²) >= 11 is 0. The van der Waals surface area contributed by atoms with E-state index >= 15 is 0 Å². The van der Waals surface area contributed by atoms with Gasteiger partial charge in [-0.3, -0.25) is 4.40 Å². The van der Waals surface area contributed by atoms with E-state index in [0.29, 0.717) is 0 Å². The normalized spacial score (nSPS) is 12.3. The first-order valence-corrected chi connectivity index (χ1v) is 9.30. The van der Waals surface area contributed by atoms with Gasteiger partial charge < -0.3 is 9.88 Å². The Labute approximate surface area is 154 Å². The first-order chi connectivity index (χ1) is 12.4. The lowest BCUT2D eigenvalue weighted by Gasteiger charge is -2.17. The van der Waals surface area contributed by atoms with Crippen LogP contribution in [0.4, 0.5) is 0 Å². The van der Waals surface area contributed by atoms with Crippen LogP contribution in [0.5, 0.6) is 0 Å². The lowest BCUT2D eigenvalue weighted by atomic mass is 10.1. The van der Waals surface area contributed by atoms with Crippen molar-refractivity contribution in [3.8, 4) is 11.3 Å². The van der Waals surface area contributed by atoms with E-state index in [9.17, 15) is 0 Å². The number of benzene rings is 2. The Morgan fingerprint density at radius 2 is 1.73 bits per heavy atom. The Hall–Kier alpha value is -2.59. The minimum Gasteiger partial charge on any atom is -0.341 e. The number of aryl methyl sites for hydroxylation is 1. The Balaban J connectivity index is 1.83. The summed E-state index contributed by atoms with van der Waals surface area (Å²) in [5, 5.41) is 2.39. The number of quaternary nitrogens is 1. The minimum atomic E-state index is 0.230. The second-order valence-corrected chi connectivity index (χ2v) is 8.16. The van der Waals surface area contributed by atoms with Gasteiger partial charge in [-0.2, -0.15) is 0 Å². The van der Waals surface area contributed by atoms with E-state index < -0.39 is 0 Å². The van der Waals surface area contributed by atoms with Gasteiger partial charge in [-0.1, -0.05) is 42.0 Å². The van der Waals surface area contributed by atoms with Crippen LogP contribution < -0.4 is 5.32 Å². The number of nitrogens with two attached hydrogens (primary N) is 1. The van der Waals surface area contributed by atoms with Crippen molar-refractivity contribution >= 4 is 16.8 Å². The van der Waals surface area contributed by atoms with Gasteiger partial charge in [0.25, 0.3) is 0 Å². The molecule has 0 saturated heterocycles. The van der Waals surface area contributed by atoms with Gasteiger partial charge in [0.2, 0.25) is 5.78 Å². The van der Waals surface area contributed by atoms with Crippen molar-refractivity contribution in [2.75, 3.05) is 6.54 Å². The molecule has 0 radical (unpaired) electrons. The molecule has 134 valence electrons. The maximum atomic E-state index is 4.91. The van der Waals surface area contributed by atoms with Crippen LogP contribution in [0, 0.1) is 6.92 Å². The molecule has 4 nitrogen and oxygen atoms in total. The quantitative estimate of drug-likeness (QED) is 0.602. The zero-order chi connectivity index (χ0) is 18.3. The molecule has 0 saturated carbocycles. The predicted molar refractivity (Wildman–Crippen MR) is 107 cm³/mol. The molecule has 0 aliphatic carbocycles. The first-order valence-electron chi connectivity index (χ1n) is 9.30. The molecule has 4 rings (SSSR count). The van der Waals surface area contributed by atoms with Gasteiger partial charge in [-0.05, 0) is 45.4 Å². The summed E-state index contributed by atoms with van der Waals surface area (Å²) in [4.78, 5) is 4.91. The zero-order valence-electron chi connectivity index (χ0n) is 16.0. The summed E-state index contributed by atoms with van der Waals surface area (Å²) in [6.45, 7) is 10.8. The van der Waals surface area contributed by atoms with Gasteiger partial charge in [-0.25, -0.2) is 4.98 Å². The van der Waals surface area contributed by atoms with Crippen molar-refractivity contribution in [1.29, 1.82) is 0 Å². The van der Waals surface area contributed by atoms with Crippen LogP contribution in [0.2, 0.25) is 0 Å². The van der Waals surface area contributed by atoms with Gasteiger partial charge in [-0.15, -0.1) is 0 Å². The molecule has 0 aliphatic heterocycles. The standard InChI is InChI=1S/C22H26N4/c1-16-9-11-17(12-10-16)20-15-26-19-8-6-5-7-18(19)24-21(26)25(20)14-13-23-22(2,3)4/h5-12,15,23H,13-14H2,1-4H3/p+1. The molecule has 0 unspecified atom stereocenters. The third-order valence-electron chi connectivity index (χ3n) is 4.82. The Kier molecular flexibility index (Phi) is 4.08. The monoisotopic (exact) mass is 347 g/mol. The summed E-state index contributed by atoms with van der Waals surface area (Å²) in [5.41, 5.74) is 6.18. The largest absolute Gasteiger partial charge is 0.341 e. The minimum absolute atomic E-state index is 0.230. The number of imidazole rings is 2. The van der Waals surface area contributed by atoms with Gasteiger partial charge in [0.1, 0.15) is 0 Å². The molecule has 4 heteroatoms. The molecule has 0 bridgehead atoms. The number of fused-ring (bicyclic) bond motifs is 3. The molecule has 0 aliphatic rings. The van der Waals surface area contributed by atoms with E-state index in [4.69, 9.17) is 4.98 Å². The van der Waals surface area contributed by atoms with Crippen molar-refractivity contribution < 1.29 is 5.32 Å². The fourth-order valence-corrected chi connectivity index (χ4v) is 3.45. The predicted octanol–water partition coefficient (Wildman–Crippen LogP) is 3.63. The molecule has 2 aromatic heterocycles. The molecule has 0 spiro atoms. The SMILES string of the molecule is Cc1ccc(-c2cn3c4ccccc4nc3n2CC[NH2+]C(C)(C)C)cc1. The molecule has 2 N–H and O–H groups in total. The van der Waals surface area contributed by atoms with Gasteiger partial charge in [0.15, 0.2) is 0 Å². The van der Waals surface area contributed by atoms with E-state index in [1.807, 2.05) is 6.07 Å². The summed E-state index contributed by atoms with van der Waals surface area (Å²) in [6.07, 6.45) is 2.23. The van der Waals surface area contributed by atoms with Crippen molar-refractivity contribution in [2.45, 2.75) is 39.8 Å². The fourth-order valence-electron chi connectivity index (χ4n) is 3.45. The van der Waals surface area contributed by atoms with Crippen molar-refractivity contribution in [2.24, 2.45) is 0 Å². The van der Waals surface area contributed by atoms with E-state index in [1.165, 1.54) is 16.8 Å². The number of para-hydroxylation sites is 2. The maximum absolute atomic E-state index is 4.91. The van der Waals surface area contributed by atoms with Crippen molar-refractivity contribution in [3.63, 3.8) is 0 Å². The van der Waals surface area contributed by atoms with Gasteiger partial charge >= 0.3 is 0 Å². The second kappa shape index (κ2) is 6.29. The van der Waals surface area contributed by atoms with Gasteiger partial charge in [0, 0.05) is 6.20 Å². The summed E-state index contributed by atoms with van der Waals surface area (Å²) in [5.74, 6) is 1.02. The van der Waals surface area contributed by atoms with Crippen LogP contribution in [-0.2, 0) is 6.54 Å². The Bertz CT molecular complexity index is 1050. The maximum Gasteiger partial charge on any atom is 0.215 e. The first kappa shape index (κ1) is 16.9. The van der Waals surface area contributed by atoms with E-state index in [0.717, 1.165) is 29.9 Å². The number of hydrogen-bond acceptors (Lipinski definition) is 1. The number of aromatic nitrogens is 3. The van der Waals surface area contributed by atoms with E-state index in [1.54, 1.807) is 0 Å². The van der Waals surface area contributed by atoms with Crippen molar-refractivity contribution in [1.82, 2.24) is 14.0 Å². The molecule has 0 amide bonds. The lowest BCUT2D eigenvalue weighted by molar-refractivity contribution is -0.717. The molecule has 26 heavy (non-hydrogen) atoms. The topological polar surface area (TPSA) is 38.8 Å². The van der Waals surface area contributed by atoms with Crippen LogP contribution in [0.1, 0.15) is 26.3 Å². The number of nitrogens with zero attached hydrogens (tertiary/aromatic N) is 3. The van der Waals surface area contributed by atoms with Crippen LogP contribution in [0.3, 0.4) is 0 Å². The molecule has 0 atom stereocenters. The third-order valence-corrected chi connectivity index (χ3v) is 4.82. The van der Waals surface area contributed by atoms with Crippen LogP contribution in [0.15, 0.2) is 54.7 Å². The highest BCUT2D eigenvalue weighted by atomic mass is 15.2. The van der Waals surface area contributed by atoms with Crippen molar-refractivity contribution in [3.05, 3.63) is 60.3 Å². The highest BCUT2D eigenvalue weighted by molar-refractivity contribution is 5.81. The van der Waals surface area contributed by atoms with Crippen LogP contribution in [-0.4, -0.2) is 26.0 Å². The molecule has 0 fully saturated rings. The summed E-state index contributed by atoms with van der Waals surface area (Å²) in [6, 6.07) is 17.1. The number of hydrogen-bond donors (Lipinski definition) is 1.